The van der Waals surface area contributed by atoms with E-state index in [1.165, 1.54) is 18.3 Å². The predicted octanol–water partition coefficient (Wildman–Crippen LogP) is 2.33. The number of carbonyl (C=O) groups excluding carboxylic acids is 2. The van der Waals surface area contributed by atoms with Gasteiger partial charge in [0, 0.05) is 32.4 Å². The van der Waals surface area contributed by atoms with Crippen molar-refractivity contribution in [2.75, 3.05) is 44.7 Å². The fourth-order valence-corrected chi connectivity index (χ4v) is 3.03. The first-order chi connectivity index (χ1) is 14.0. The van der Waals surface area contributed by atoms with Gasteiger partial charge >= 0.3 is 0 Å². The number of hydrogen-bond donors (Lipinski definition) is 2. The number of hydrogen-bond acceptors (Lipinski definition) is 5. The van der Waals surface area contributed by atoms with Crippen LogP contribution < -0.4 is 10.6 Å². The molecular formula is C19H19ClF2N4O3. The third-order valence-electron chi connectivity index (χ3n) is 4.28. The van der Waals surface area contributed by atoms with Gasteiger partial charge in [-0.15, -0.1) is 0 Å². The molecule has 154 valence electrons. The molecule has 29 heavy (non-hydrogen) atoms. The van der Waals surface area contributed by atoms with Crippen LogP contribution in [0.3, 0.4) is 0 Å². The molecule has 1 saturated heterocycles. The smallest absolute Gasteiger partial charge is 0.257 e. The number of nitrogens with one attached hydrogen (secondary N) is 2. The Labute approximate surface area is 171 Å². The van der Waals surface area contributed by atoms with E-state index in [2.05, 4.69) is 15.6 Å². The molecule has 0 aliphatic carbocycles. The van der Waals surface area contributed by atoms with Crippen LogP contribution in [0.1, 0.15) is 20.7 Å². The van der Waals surface area contributed by atoms with Crippen LogP contribution in [0.5, 0.6) is 0 Å². The van der Waals surface area contributed by atoms with E-state index in [9.17, 15) is 18.4 Å². The summed E-state index contributed by atoms with van der Waals surface area (Å²) in [5.74, 6) is -2.56. The van der Waals surface area contributed by atoms with Gasteiger partial charge in [-0.25, -0.2) is 13.8 Å². The number of rotatable bonds is 6. The van der Waals surface area contributed by atoms with E-state index in [4.69, 9.17) is 16.3 Å². The van der Waals surface area contributed by atoms with E-state index in [1.807, 2.05) is 0 Å². The molecule has 10 heteroatoms. The van der Waals surface area contributed by atoms with Gasteiger partial charge < -0.3 is 20.3 Å². The summed E-state index contributed by atoms with van der Waals surface area (Å²) in [6.45, 7) is 2.31. The average Bonchev–Trinajstić information content (AvgIpc) is 2.72. The van der Waals surface area contributed by atoms with Crippen molar-refractivity contribution in [1.29, 1.82) is 0 Å². The summed E-state index contributed by atoms with van der Waals surface area (Å²) in [4.78, 5) is 30.2. The molecule has 0 spiro atoms. The first-order valence-corrected chi connectivity index (χ1v) is 9.34. The van der Waals surface area contributed by atoms with Gasteiger partial charge in [0.15, 0.2) is 0 Å². The molecule has 1 fully saturated rings. The Hall–Kier alpha value is -2.78. The molecule has 1 aliphatic heterocycles. The van der Waals surface area contributed by atoms with E-state index in [0.29, 0.717) is 37.7 Å². The van der Waals surface area contributed by atoms with Gasteiger partial charge in [0.1, 0.15) is 23.0 Å². The fraction of sp³-hybridized carbons (Fsp3) is 0.316. The summed E-state index contributed by atoms with van der Waals surface area (Å²) in [6, 6.07) is 4.73. The van der Waals surface area contributed by atoms with Crippen molar-refractivity contribution in [2.45, 2.75) is 0 Å². The molecular weight excluding hydrogens is 406 g/mol. The van der Waals surface area contributed by atoms with Gasteiger partial charge in [-0.05, 0) is 18.2 Å². The van der Waals surface area contributed by atoms with Gasteiger partial charge in [-0.1, -0.05) is 17.7 Å². The normalized spacial score (nSPS) is 13.8. The number of amides is 2. The average molecular weight is 425 g/mol. The van der Waals surface area contributed by atoms with Crippen LogP contribution in [0.4, 0.5) is 14.6 Å². The Morgan fingerprint density at radius 3 is 2.52 bits per heavy atom. The van der Waals surface area contributed by atoms with Crippen molar-refractivity contribution in [3.63, 3.8) is 0 Å². The number of halogens is 3. The zero-order chi connectivity index (χ0) is 20.8. The molecule has 3 rings (SSSR count). The highest BCUT2D eigenvalue weighted by molar-refractivity contribution is 6.33. The highest BCUT2D eigenvalue weighted by atomic mass is 35.5. The van der Waals surface area contributed by atoms with Crippen molar-refractivity contribution < 1.29 is 23.1 Å². The summed E-state index contributed by atoms with van der Waals surface area (Å²) in [5, 5.41) is 5.57. The topological polar surface area (TPSA) is 83.6 Å². The van der Waals surface area contributed by atoms with Gasteiger partial charge in [-0.2, -0.15) is 0 Å². The third-order valence-corrected chi connectivity index (χ3v) is 4.57. The van der Waals surface area contributed by atoms with E-state index >= 15 is 0 Å². The Bertz CT molecular complexity index is 887. The Kier molecular flexibility index (Phi) is 6.95. The second-order valence-electron chi connectivity index (χ2n) is 6.24. The quantitative estimate of drug-likeness (QED) is 0.695. The number of carbonyl (C=O) groups is 2. The first-order valence-electron chi connectivity index (χ1n) is 8.96. The highest BCUT2D eigenvalue weighted by Gasteiger charge is 2.20. The fourth-order valence-electron chi connectivity index (χ4n) is 2.79. The van der Waals surface area contributed by atoms with Crippen LogP contribution in [0.15, 0.2) is 30.5 Å². The minimum atomic E-state index is -0.930. The van der Waals surface area contributed by atoms with E-state index in [1.54, 1.807) is 4.90 Å². The molecule has 2 N–H and O–H groups in total. The molecule has 7 nitrogen and oxygen atoms in total. The minimum absolute atomic E-state index is 0.0824. The van der Waals surface area contributed by atoms with Gasteiger partial charge in [0.05, 0.1) is 23.8 Å². The summed E-state index contributed by atoms with van der Waals surface area (Å²) in [6.07, 6.45) is 1.42. The summed E-state index contributed by atoms with van der Waals surface area (Å²) in [7, 11) is 0. The monoisotopic (exact) mass is 424 g/mol. The van der Waals surface area contributed by atoms with Gasteiger partial charge in [0.25, 0.3) is 11.8 Å². The second kappa shape index (κ2) is 9.62. The van der Waals surface area contributed by atoms with Gasteiger partial charge in [0.2, 0.25) is 0 Å². The van der Waals surface area contributed by atoms with Crippen LogP contribution in [0.25, 0.3) is 0 Å². The van der Waals surface area contributed by atoms with Crippen molar-refractivity contribution in [3.8, 4) is 0 Å². The number of anilines is 1. The Morgan fingerprint density at radius 2 is 1.86 bits per heavy atom. The first kappa shape index (κ1) is 20.9. The summed E-state index contributed by atoms with van der Waals surface area (Å²) < 4.78 is 32.4. The van der Waals surface area contributed by atoms with Gasteiger partial charge in [-0.3, -0.25) is 9.59 Å². The van der Waals surface area contributed by atoms with Crippen LogP contribution in [-0.4, -0.2) is 61.1 Å². The molecule has 1 aromatic carbocycles. The molecule has 0 atom stereocenters. The molecule has 2 heterocycles. The van der Waals surface area contributed by atoms with Crippen molar-refractivity contribution in [1.82, 2.24) is 15.2 Å². The lowest BCUT2D eigenvalue weighted by Gasteiger charge is -2.26. The third kappa shape index (κ3) is 5.18. The number of morpholine rings is 1. The second-order valence-corrected chi connectivity index (χ2v) is 6.65. The number of ether oxygens (including phenoxy) is 1. The Balaban J connectivity index is 1.52. The summed E-state index contributed by atoms with van der Waals surface area (Å²) in [5.41, 5.74) is -0.264. The maximum absolute atomic E-state index is 13.6. The molecule has 0 radical (unpaired) electrons. The lowest BCUT2D eigenvalue weighted by molar-refractivity contribution is 0.0302. The molecule has 1 aromatic heterocycles. The molecule has 1 aliphatic rings. The Morgan fingerprint density at radius 1 is 1.17 bits per heavy atom. The highest BCUT2D eigenvalue weighted by Crippen LogP contribution is 2.21. The number of aromatic nitrogens is 1. The molecule has 2 amide bonds. The SMILES string of the molecule is O=C(NCCNc1ncc(C(=O)N2CCOCC2)cc1Cl)c1c(F)cccc1F. The number of benzene rings is 1. The largest absolute Gasteiger partial charge is 0.378 e. The minimum Gasteiger partial charge on any atom is -0.378 e. The lowest BCUT2D eigenvalue weighted by atomic mass is 10.2. The standard InChI is InChI=1S/C19H19ClF2N4O3/c20-13-10-12(19(28)26-6-8-29-9-7-26)11-25-17(13)23-4-5-24-18(27)16-14(21)2-1-3-15(16)22/h1-3,10-11H,4-9H2,(H,23,25)(H,24,27). The van der Waals surface area contributed by atoms with Crippen LogP contribution in [0.2, 0.25) is 5.02 Å². The number of nitrogens with zero attached hydrogens (tertiary/aromatic N) is 2. The number of pyridine rings is 1. The molecule has 0 unspecified atom stereocenters. The zero-order valence-electron chi connectivity index (χ0n) is 15.4. The summed E-state index contributed by atoms with van der Waals surface area (Å²) >= 11 is 6.18. The lowest BCUT2D eigenvalue weighted by Crippen LogP contribution is -2.40. The molecule has 0 saturated carbocycles. The zero-order valence-corrected chi connectivity index (χ0v) is 16.1. The maximum atomic E-state index is 13.6. The van der Waals surface area contributed by atoms with E-state index in [-0.39, 0.29) is 24.0 Å². The van der Waals surface area contributed by atoms with Crippen LogP contribution in [-0.2, 0) is 4.74 Å². The van der Waals surface area contributed by atoms with E-state index < -0.39 is 23.1 Å². The predicted molar refractivity (Wildman–Crippen MR) is 103 cm³/mol. The van der Waals surface area contributed by atoms with E-state index in [0.717, 1.165) is 12.1 Å². The van der Waals surface area contributed by atoms with Crippen molar-refractivity contribution in [3.05, 3.63) is 58.2 Å². The molecule has 2 aromatic rings. The molecule has 0 bridgehead atoms. The maximum Gasteiger partial charge on any atom is 0.257 e. The van der Waals surface area contributed by atoms with Crippen LogP contribution >= 0.6 is 11.6 Å². The van der Waals surface area contributed by atoms with Crippen LogP contribution in [0, 0.1) is 11.6 Å². The van der Waals surface area contributed by atoms with Crippen molar-refractivity contribution >= 4 is 29.2 Å². The van der Waals surface area contributed by atoms with Crippen molar-refractivity contribution in [2.24, 2.45) is 0 Å².